The van der Waals surface area contributed by atoms with Crippen molar-refractivity contribution in [1.82, 2.24) is 9.80 Å². The van der Waals surface area contributed by atoms with E-state index in [0.717, 1.165) is 71.3 Å². The number of hydrogen-bond donors (Lipinski definition) is 0. The van der Waals surface area contributed by atoms with E-state index < -0.39 is 0 Å². The zero-order valence-corrected chi connectivity index (χ0v) is 13.9. The fourth-order valence-corrected chi connectivity index (χ4v) is 4.22. The maximum atomic E-state index is 12.4. The van der Waals surface area contributed by atoms with Crippen LogP contribution in [-0.4, -0.2) is 73.9 Å². The average Bonchev–Trinajstić information content (AvgIpc) is 2.58. The van der Waals surface area contributed by atoms with Crippen LogP contribution in [0.2, 0.25) is 0 Å². The van der Waals surface area contributed by atoms with Crippen molar-refractivity contribution in [2.45, 2.75) is 56.7 Å². The molecule has 126 valence electrons. The number of ether oxygens (including phenoxy) is 2. The Bertz CT molecular complexity index is 374. The number of amides is 1. The molecule has 1 amide bonds. The van der Waals surface area contributed by atoms with Crippen molar-refractivity contribution in [3.8, 4) is 0 Å². The minimum absolute atomic E-state index is 0.0995. The summed E-state index contributed by atoms with van der Waals surface area (Å²) in [6.45, 7) is 5.22. The fraction of sp³-hybridized carbons (Fsp3) is 0.941. The van der Waals surface area contributed by atoms with E-state index in [1.54, 1.807) is 7.11 Å². The van der Waals surface area contributed by atoms with E-state index in [9.17, 15) is 4.79 Å². The third-order valence-electron chi connectivity index (χ3n) is 5.64. The van der Waals surface area contributed by atoms with E-state index in [2.05, 4.69) is 4.90 Å². The van der Waals surface area contributed by atoms with Crippen LogP contribution >= 0.6 is 0 Å². The third-order valence-corrected chi connectivity index (χ3v) is 5.64. The second-order valence-corrected chi connectivity index (χ2v) is 7.00. The molecule has 0 aromatic heterocycles. The van der Waals surface area contributed by atoms with Gasteiger partial charge in [0.25, 0.3) is 0 Å². The molecule has 0 aromatic rings. The third kappa shape index (κ3) is 3.47. The van der Waals surface area contributed by atoms with Crippen LogP contribution < -0.4 is 0 Å². The zero-order chi connectivity index (χ0) is 15.4. The molecule has 3 saturated heterocycles. The molecule has 1 unspecified atom stereocenters. The van der Waals surface area contributed by atoms with Gasteiger partial charge in [0.15, 0.2) is 0 Å². The first-order valence-electron chi connectivity index (χ1n) is 8.90. The average molecular weight is 310 g/mol. The number of carbonyl (C=O) groups excluding carboxylic acids is 1. The topological polar surface area (TPSA) is 42.0 Å². The van der Waals surface area contributed by atoms with E-state index in [-0.39, 0.29) is 11.7 Å². The lowest BCUT2D eigenvalue weighted by molar-refractivity contribution is -0.187. The van der Waals surface area contributed by atoms with Crippen molar-refractivity contribution in [2.24, 2.45) is 0 Å². The van der Waals surface area contributed by atoms with Gasteiger partial charge in [-0.25, -0.2) is 0 Å². The fourth-order valence-electron chi connectivity index (χ4n) is 4.22. The standard InChI is InChI=1S/C17H30N2O3/c1-21-15-6-5-13-22-17(15)7-11-18(12-8-17)14-16(20)19-9-3-2-4-10-19/h15H,2-14H2,1H3. The molecule has 3 fully saturated rings. The highest BCUT2D eigenvalue weighted by Gasteiger charge is 2.44. The lowest BCUT2D eigenvalue weighted by atomic mass is 9.82. The zero-order valence-electron chi connectivity index (χ0n) is 13.9. The van der Waals surface area contributed by atoms with Crippen molar-refractivity contribution >= 4 is 5.91 Å². The molecule has 0 aliphatic carbocycles. The van der Waals surface area contributed by atoms with Gasteiger partial charge in [0.2, 0.25) is 5.91 Å². The number of piperidine rings is 2. The molecule has 1 atom stereocenters. The molecule has 5 nitrogen and oxygen atoms in total. The highest BCUT2D eigenvalue weighted by atomic mass is 16.5. The highest BCUT2D eigenvalue weighted by Crippen LogP contribution is 2.36. The summed E-state index contributed by atoms with van der Waals surface area (Å²) in [6, 6.07) is 0. The Kier molecular flexibility index (Phi) is 5.37. The Hall–Kier alpha value is -0.650. The quantitative estimate of drug-likeness (QED) is 0.795. The minimum Gasteiger partial charge on any atom is -0.378 e. The lowest BCUT2D eigenvalue weighted by Crippen LogP contribution is -2.57. The Morgan fingerprint density at radius 1 is 1.14 bits per heavy atom. The molecule has 0 saturated carbocycles. The normalized spacial score (nSPS) is 29.7. The second-order valence-electron chi connectivity index (χ2n) is 7.00. The molecule has 0 N–H and O–H groups in total. The van der Waals surface area contributed by atoms with Gasteiger partial charge in [0.1, 0.15) is 0 Å². The highest BCUT2D eigenvalue weighted by molar-refractivity contribution is 5.78. The van der Waals surface area contributed by atoms with Crippen LogP contribution in [0.1, 0.15) is 44.9 Å². The summed E-state index contributed by atoms with van der Waals surface area (Å²) in [5, 5.41) is 0. The van der Waals surface area contributed by atoms with Gasteiger partial charge in [-0.1, -0.05) is 0 Å². The van der Waals surface area contributed by atoms with Gasteiger partial charge in [-0.15, -0.1) is 0 Å². The van der Waals surface area contributed by atoms with Crippen molar-refractivity contribution < 1.29 is 14.3 Å². The van der Waals surface area contributed by atoms with Crippen molar-refractivity contribution in [2.75, 3.05) is 46.4 Å². The molecule has 22 heavy (non-hydrogen) atoms. The molecular weight excluding hydrogens is 280 g/mol. The largest absolute Gasteiger partial charge is 0.378 e. The molecule has 3 rings (SSSR count). The van der Waals surface area contributed by atoms with Crippen molar-refractivity contribution in [3.63, 3.8) is 0 Å². The van der Waals surface area contributed by atoms with E-state index in [1.165, 1.54) is 6.42 Å². The summed E-state index contributed by atoms with van der Waals surface area (Å²) in [6.07, 6.45) is 7.99. The predicted molar refractivity (Wildman–Crippen MR) is 84.8 cm³/mol. The van der Waals surface area contributed by atoms with Crippen LogP contribution in [0.25, 0.3) is 0 Å². The molecule has 0 bridgehead atoms. The van der Waals surface area contributed by atoms with E-state index >= 15 is 0 Å². The van der Waals surface area contributed by atoms with Gasteiger partial charge in [0.05, 0.1) is 18.2 Å². The summed E-state index contributed by atoms with van der Waals surface area (Å²) in [7, 11) is 1.80. The Morgan fingerprint density at radius 2 is 1.86 bits per heavy atom. The number of rotatable bonds is 3. The van der Waals surface area contributed by atoms with Gasteiger partial charge < -0.3 is 14.4 Å². The predicted octanol–water partition coefficient (Wildman–Crippen LogP) is 1.66. The van der Waals surface area contributed by atoms with Crippen molar-refractivity contribution in [1.29, 1.82) is 0 Å². The second kappa shape index (κ2) is 7.28. The first kappa shape index (κ1) is 16.2. The summed E-state index contributed by atoms with van der Waals surface area (Å²) >= 11 is 0. The summed E-state index contributed by atoms with van der Waals surface area (Å²) < 4.78 is 11.8. The summed E-state index contributed by atoms with van der Waals surface area (Å²) in [4.78, 5) is 16.7. The van der Waals surface area contributed by atoms with Gasteiger partial charge in [-0.05, 0) is 44.9 Å². The summed E-state index contributed by atoms with van der Waals surface area (Å²) in [5.74, 6) is 0.309. The van der Waals surface area contributed by atoms with E-state index in [1.807, 2.05) is 4.90 Å². The number of methoxy groups -OCH3 is 1. The molecule has 0 aromatic carbocycles. The number of likely N-dealkylation sites (tertiary alicyclic amines) is 2. The van der Waals surface area contributed by atoms with Crippen LogP contribution in [-0.2, 0) is 14.3 Å². The van der Waals surface area contributed by atoms with Crippen LogP contribution in [0.4, 0.5) is 0 Å². The van der Waals surface area contributed by atoms with Crippen LogP contribution in [0.3, 0.4) is 0 Å². The number of carbonyl (C=O) groups is 1. The first-order valence-corrected chi connectivity index (χ1v) is 8.90. The smallest absolute Gasteiger partial charge is 0.236 e. The Labute approximate surface area is 133 Å². The van der Waals surface area contributed by atoms with Gasteiger partial charge in [0, 0.05) is 39.9 Å². The van der Waals surface area contributed by atoms with Crippen LogP contribution in [0, 0.1) is 0 Å². The molecule has 5 heteroatoms. The maximum absolute atomic E-state index is 12.4. The molecule has 3 heterocycles. The van der Waals surface area contributed by atoms with E-state index in [4.69, 9.17) is 9.47 Å². The van der Waals surface area contributed by atoms with Gasteiger partial charge in [-0.3, -0.25) is 9.69 Å². The van der Waals surface area contributed by atoms with Crippen LogP contribution in [0.15, 0.2) is 0 Å². The van der Waals surface area contributed by atoms with Gasteiger partial charge >= 0.3 is 0 Å². The molecule has 3 aliphatic rings. The SMILES string of the molecule is COC1CCCOC12CCN(CC(=O)N1CCCCC1)CC2. The Morgan fingerprint density at radius 3 is 2.55 bits per heavy atom. The first-order chi connectivity index (χ1) is 10.7. The lowest BCUT2D eigenvalue weighted by Gasteiger charge is -2.48. The van der Waals surface area contributed by atoms with Crippen LogP contribution in [0.5, 0.6) is 0 Å². The minimum atomic E-state index is -0.0995. The summed E-state index contributed by atoms with van der Waals surface area (Å²) in [5.41, 5.74) is -0.0995. The molecule has 3 aliphatic heterocycles. The maximum Gasteiger partial charge on any atom is 0.236 e. The Balaban J connectivity index is 1.49. The monoisotopic (exact) mass is 310 g/mol. The molecular formula is C17H30N2O3. The van der Waals surface area contributed by atoms with Crippen molar-refractivity contribution in [3.05, 3.63) is 0 Å². The molecule has 0 radical (unpaired) electrons. The van der Waals surface area contributed by atoms with E-state index in [0.29, 0.717) is 12.5 Å². The molecule has 1 spiro atoms. The number of hydrogen-bond acceptors (Lipinski definition) is 4. The number of nitrogens with zero attached hydrogens (tertiary/aromatic N) is 2. The van der Waals surface area contributed by atoms with Gasteiger partial charge in [-0.2, -0.15) is 0 Å².